The van der Waals surface area contributed by atoms with Gasteiger partial charge in [0.1, 0.15) is 5.41 Å². The average molecular weight is 256 g/mol. The van der Waals surface area contributed by atoms with Gasteiger partial charge in [0.2, 0.25) is 5.91 Å². The Kier molecular flexibility index (Phi) is 3.61. The molecule has 2 rings (SSSR count). The first kappa shape index (κ1) is 13.6. The van der Waals surface area contributed by atoms with Gasteiger partial charge in [-0.1, -0.05) is 23.8 Å². The molecular weight excluding hydrogens is 236 g/mol. The van der Waals surface area contributed by atoms with Gasteiger partial charge in [0, 0.05) is 13.6 Å². The van der Waals surface area contributed by atoms with Crippen molar-refractivity contribution in [2.75, 3.05) is 13.6 Å². The van der Waals surface area contributed by atoms with Crippen molar-refractivity contribution in [3.8, 4) is 6.07 Å². The van der Waals surface area contributed by atoms with Crippen LogP contribution in [0.2, 0.25) is 0 Å². The lowest BCUT2D eigenvalue weighted by Gasteiger charge is -2.20. The van der Waals surface area contributed by atoms with E-state index in [2.05, 4.69) is 38.1 Å². The number of benzene rings is 1. The molecule has 1 saturated carbocycles. The molecule has 3 nitrogen and oxygen atoms in total. The largest absolute Gasteiger partial charge is 0.344 e. The highest BCUT2D eigenvalue weighted by molar-refractivity contribution is 5.88. The van der Waals surface area contributed by atoms with Gasteiger partial charge in [-0.15, -0.1) is 0 Å². The van der Waals surface area contributed by atoms with Crippen molar-refractivity contribution < 1.29 is 4.79 Å². The van der Waals surface area contributed by atoms with Crippen LogP contribution in [0, 0.1) is 30.6 Å². The molecule has 1 aromatic rings. The lowest BCUT2D eigenvalue weighted by Crippen LogP contribution is -2.35. The van der Waals surface area contributed by atoms with Crippen LogP contribution >= 0.6 is 0 Å². The number of likely N-dealkylation sites (N-methyl/N-ethyl adjacent to an activating group) is 1. The molecule has 0 radical (unpaired) electrons. The summed E-state index contributed by atoms with van der Waals surface area (Å²) in [7, 11) is 1.79. The predicted octanol–water partition coefficient (Wildman–Crippen LogP) is 2.61. The number of rotatable bonds is 4. The van der Waals surface area contributed by atoms with E-state index in [1.807, 2.05) is 0 Å². The van der Waals surface area contributed by atoms with Crippen LogP contribution in [-0.4, -0.2) is 24.4 Å². The van der Waals surface area contributed by atoms with Crippen molar-refractivity contribution in [1.29, 1.82) is 5.26 Å². The smallest absolute Gasteiger partial charge is 0.242 e. The summed E-state index contributed by atoms with van der Waals surface area (Å²) in [4.78, 5) is 13.8. The molecule has 100 valence electrons. The summed E-state index contributed by atoms with van der Waals surface area (Å²) >= 11 is 0. The third-order valence-electron chi connectivity index (χ3n) is 3.93. The lowest BCUT2D eigenvalue weighted by atomic mass is 10.0. The summed E-state index contributed by atoms with van der Waals surface area (Å²) in [5.41, 5.74) is 3.10. The standard InChI is InChI=1S/C16H20N2O/c1-12-4-5-14(13(2)10-12)6-9-18(3)15(19)16(11-17)7-8-16/h4-5,10H,6-9H2,1-3H3. The van der Waals surface area contributed by atoms with Crippen LogP contribution in [0.25, 0.3) is 0 Å². The summed E-state index contributed by atoms with van der Waals surface area (Å²) in [5, 5.41) is 9.04. The molecule has 0 N–H and O–H groups in total. The monoisotopic (exact) mass is 256 g/mol. The molecule has 0 saturated heterocycles. The van der Waals surface area contributed by atoms with E-state index >= 15 is 0 Å². The summed E-state index contributed by atoms with van der Waals surface area (Å²) in [6.45, 7) is 4.85. The Morgan fingerprint density at radius 1 is 1.42 bits per heavy atom. The van der Waals surface area contributed by atoms with Crippen molar-refractivity contribution in [1.82, 2.24) is 4.90 Å². The van der Waals surface area contributed by atoms with E-state index in [4.69, 9.17) is 5.26 Å². The van der Waals surface area contributed by atoms with Crippen LogP contribution < -0.4 is 0 Å². The van der Waals surface area contributed by atoms with Gasteiger partial charge in [-0.2, -0.15) is 5.26 Å². The maximum absolute atomic E-state index is 12.1. The minimum atomic E-state index is -0.697. The van der Waals surface area contributed by atoms with E-state index in [1.165, 1.54) is 16.7 Å². The van der Waals surface area contributed by atoms with Crippen LogP contribution in [0.4, 0.5) is 0 Å². The second-order valence-electron chi connectivity index (χ2n) is 5.60. The molecule has 1 aliphatic rings. The maximum Gasteiger partial charge on any atom is 0.242 e. The Bertz CT molecular complexity index is 538. The zero-order valence-electron chi connectivity index (χ0n) is 11.9. The van der Waals surface area contributed by atoms with Crippen molar-refractivity contribution >= 4 is 5.91 Å². The van der Waals surface area contributed by atoms with Gasteiger partial charge in [-0.05, 0) is 44.2 Å². The fourth-order valence-corrected chi connectivity index (χ4v) is 2.38. The highest BCUT2D eigenvalue weighted by Crippen LogP contribution is 2.46. The topological polar surface area (TPSA) is 44.1 Å². The zero-order chi connectivity index (χ0) is 14.0. The Balaban J connectivity index is 1.95. The molecule has 0 unspecified atom stereocenters. The van der Waals surface area contributed by atoms with Crippen molar-refractivity contribution in [2.45, 2.75) is 33.1 Å². The molecular formula is C16H20N2O. The first-order valence-electron chi connectivity index (χ1n) is 6.71. The SMILES string of the molecule is Cc1ccc(CCN(C)C(=O)C2(C#N)CC2)c(C)c1. The molecule has 0 heterocycles. The first-order chi connectivity index (χ1) is 8.98. The molecule has 1 aromatic carbocycles. The van der Waals surface area contributed by atoms with E-state index < -0.39 is 5.41 Å². The number of amides is 1. The van der Waals surface area contributed by atoms with Crippen LogP contribution in [0.3, 0.4) is 0 Å². The van der Waals surface area contributed by atoms with E-state index in [1.54, 1.807) is 11.9 Å². The van der Waals surface area contributed by atoms with Gasteiger partial charge < -0.3 is 4.90 Å². The average Bonchev–Trinajstić information content (AvgIpc) is 3.17. The molecule has 3 heteroatoms. The Labute approximate surface area is 114 Å². The minimum absolute atomic E-state index is 0.0141. The molecule has 1 amide bonds. The number of carbonyl (C=O) groups excluding carboxylic acids is 1. The second kappa shape index (κ2) is 5.05. The van der Waals surface area contributed by atoms with Crippen LogP contribution in [0.5, 0.6) is 0 Å². The molecule has 19 heavy (non-hydrogen) atoms. The third-order valence-corrected chi connectivity index (χ3v) is 3.93. The molecule has 1 fully saturated rings. The first-order valence-corrected chi connectivity index (χ1v) is 6.71. The fraction of sp³-hybridized carbons (Fsp3) is 0.500. The number of hydrogen-bond donors (Lipinski definition) is 0. The fourth-order valence-electron chi connectivity index (χ4n) is 2.38. The van der Waals surface area contributed by atoms with Crippen molar-refractivity contribution in [3.63, 3.8) is 0 Å². The van der Waals surface area contributed by atoms with Crippen LogP contribution in [0.15, 0.2) is 18.2 Å². The minimum Gasteiger partial charge on any atom is -0.344 e. The number of nitrogens with zero attached hydrogens (tertiary/aromatic N) is 2. The quantitative estimate of drug-likeness (QED) is 0.831. The van der Waals surface area contributed by atoms with Crippen molar-refractivity contribution in [3.05, 3.63) is 34.9 Å². The molecule has 0 atom stereocenters. The van der Waals surface area contributed by atoms with Gasteiger partial charge in [-0.3, -0.25) is 4.79 Å². The Morgan fingerprint density at radius 3 is 2.63 bits per heavy atom. The van der Waals surface area contributed by atoms with E-state index in [0.29, 0.717) is 6.54 Å². The van der Waals surface area contributed by atoms with Crippen LogP contribution in [0.1, 0.15) is 29.5 Å². The van der Waals surface area contributed by atoms with Crippen LogP contribution in [-0.2, 0) is 11.2 Å². The summed E-state index contributed by atoms with van der Waals surface area (Å²) < 4.78 is 0. The number of aryl methyl sites for hydroxylation is 2. The molecule has 0 bridgehead atoms. The Hall–Kier alpha value is -1.82. The molecule has 0 aromatic heterocycles. The highest BCUT2D eigenvalue weighted by atomic mass is 16.2. The Morgan fingerprint density at radius 2 is 2.11 bits per heavy atom. The van der Waals surface area contributed by atoms with E-state index in [9.17, 15) is 4.79 Å². The molecule has 1 aliphatic carbocycles. The maximum atomic E-state index is 12.1. The van der Waals surface area contributed by atoms with E-state index in [0.717, 1.165) is 19.3 Å². The van der Waals surface area contributed by atoms with E-state index in [-0.39, 0.29) is 5.91 Å². The number of hydrogen-bond acceptors (Lipinski definition) is 2. The second-order valence-corrected chi connectivity index (χ2v) is 5.60. The third kappa shape index (κ3) is 2.78. The predicted molar refractivity (Wildman–Crippen MR) is 74.5 cm³/mol. The normalized spacial score (nSPS) is 15.7. The van der Waals surface area contributed by atoms with Gasteiger partial charge in [0.25, 0.3) is 0 Å². The highest BCUT2D eigenvalue weighted by Gasteiger charge is 2.51. The summed E-state index contributed by atoms with van der Waals surface area (Å²) in [6, 6.07) is 8.54. The van der Waals surface area contributed by atoms with Gasteiger partial charge >= 0.3 is 0 Å². The zero-order valence-corrected chi connectivity index (χ0v) is 11.9. The molecule has 0 spiro atoms. The van der Waals surface area contributed by atoms with Gasteiger partial charge in [-0.25, -0.2) is 0 Å². The summed E-state index contributed by atoms with van der Waals surface area (Å²) in [6.07, 6.45) is 2.28. The number of nitriles is 1. The number of carbonyl (C=O) groups is 1. The molecule has 0 aliphatic heterocycles. The van der Waals surface area contributed by atoms with Gasteiger partial charge in [0.15, 0.2) is 0 Å². The van der Waals surface area contributed by atoms with Crippen molar-refractivity contribution in [2.24, 2.45) is 5.41 Å². The lowest BCUT2D eigenvalue weighted by molar-refractivity contribution is -0.133. The van der Waals surface area contributed by atoms with Gasteiger partial charge in [0.05, 0.1) is 6.07 Å². The summed E-state index contributed by atoms with van der Waals surface area (Å²) in [5.74, 6) is -0.0141.